The highest BCUT2D eigenvalue weighted by Crippen LogP contribution is 2.25. The maximum Gasteiger partial charge on any atom is 0.122 e. The van der Waals surface area contributed by atoms with Crippen LogP contribution in [0.3, 0.4) is 0 Å². The van der Waals surface area contributed by atoms with Gasteiger partial charge in [0.1, 0.15) is 5.75 Å². The average Bonchev–Trinajstić information content (AvgIpc) is 2.13. The first-order valence-corrected chi connectivity index (χ1v) is 4.82. The number of phenolic OH excluding ortho intramolecular Hbond substituents is 1. The smallest absolute Gasteiger partial charge is 0.122 e. The molecule has 1 rings (SSSR count). The van der Waals surface area contributed by atoms with Crippen LogP contribution >= 0.6 is 0 Å². The number of nitrogens with zero attached hydrogens (tertiary/aromatic N) is 1. The van der Waals surface area contributed by atoms with E-state index in [2.05, 4.69) is 4.84 Å². The van der Waals surface area contributed by atoms with E-state index in [4.69, 9.17) is 5.90 Å². The lowest BCUT2D eigenvalue weighted by molar-refractivity contribution is 0.124. The second kappa shape index (κ2) is 5.11. The van der Waals surface area contributed by atoms with Crippen molar-refractivity contribution in [3.05, 3.63) is 28.8 Å². The predicted octanol–water partition coefficient (Wildman–Crippen LogP) is 1.15. The van der Waals surface area contributed by atoms with Crippen LogP contribution in [0.1, 0.15) is 16.7 Å². The Morgan fingerprint density at radius 1 is 1.40 bits per heavy atom. The summed E-state index contributed by atoms with van der Waals surface area (Å²) in [4.78, 5) is 6.59. The van der Waals surface area contributed by atoms with Crippen LogP contribution in [0.15, 0.2) is 12.1 Å². The summed E-state index contributed by atoms with van der Waals surface area (Å²) in [7, 11) is 3.92. The molecule has 0 aliphatic carbocycles. The first kappa shape index (κ1) is 12.0. The molecule has 4 nitrogen and oxygen atoms in total. The molecule has 0 saturated heterocycles. The molecule has 0 fully saturated rings. The van der Waals surface area contributed by atoms with Crippen LogP contribution in [0.25, 0.3) is 0 Å². The number of phenols is 1. The molecule has 1 aromatic rings. The summed E-state index contributed by atoms with van der Waals surface area (Å²) in [5.41, 5.74) is 2.72. The fourth-order valence-electron chi connectivity index (χ4n) is 1.57. The van der Waals surface area contributed by atoms with Crippen LogP contribution in [-0.2, 0) is 18.0 Å². The number of rotatable bonds is 4. The number of nitrogens with two attached hydrogens (primary N) is 1. The molecule has 4 heteroatoms. The van der Waals surface area contributed by atoms with E-state index in [0.717, 1.165) is 16.7 Å². The summed E-state index contributed by atoms with van der Waals surface area (Å²) in [5.74, 6) is 5.38. The van der Waals surface area contributed by atoms with Crippen molar-refractivity contribution in [2.45, 2.75) is 20.1 Å². The summed E-state index contributed by atoms with van der Waals surface area (Å²) >= 11 is 0. The van der Waals surface area contributed by atoms with E-state index in [9.17, 15) is 5.11 Å². The Morgan fingerprint density at radius 3 is 2.60 bits per heavy atom. The number of aromatic hydroxyl groups is 1. The minimum atomic E-state index is 0.351. The van der Waals surface area contributed by atoms with Crippen LogP contribution in [0.2, 0.25) is 0 Å². The minimum Gasteiger partial charge on any atom is -0.507 e. The van der Waals surface area contributed by atoms with Gasteiger partial charge in [0.2, 0.25) is 0 Å². The second-order valence-electron chi connectivity index (χ2n) is 3.97. The average molecular weight is 210 g/mol. The maximum absolute atomic E-state index is 9.84. The Labute approximate surface area is 90.2 Å². The van der Waals surface area contributed by atoms with Crippen LogP contribution in [-0.4, -0.2) is 24.1 Å². The Hall–Kier alpha value is -1.10. The second-order valence-corrected chi connectivity index (χ2v) is 3.97. The summed E-state index contributed by atoms with van der Waals surface area (Å²) < 4.78 is 0. The van der Waals surface area contributed by atoms with Crippen LogP contribution in [0.5, 0.6) is 5.75 Å². The Balaban J connectivity index is 3.01. The number of hydrogen-bond acceptors (Lipinski definition) is 4. The zero-order valence-corrected chi connectivity index (χ0v) is 9.45. The SMILES string of the molecule is Cc1cc(CON)cc(CN(C)C)c1O. The monoisotopic (exact) mass is 210 g/mol. The van der Waals surface area contributed by atoms with Gasteiger partial charge in [-0.15, -0.1) is 0 Å². The van der Waals surface area contributed by atoms with Gasteiger partial charge >= 0.3 is 0 Å². The minimum absolute atomic E-state index is 0.351. The zero-order chi connectivity index (χ0) is 11.4. The molecular weight excluding hydrogens is 192 g/mol. The van der Waals surface area contributed by atoms with Gasteiger partial charge in [0, 0.05) is 12.1 Å². The largest absolute Gasteiger partial charge is 0.507 e. The molecule has 15 heavy (non-hydrogen) atoms. The summed E-state index contributed by atoms with van der Waals surface area (Å²) in [6.07, 6.45) is 0. The third-order valence-corrected chi connectivity index (χ3v) is 2.18. The van der Waals surface area contributed by atoms with Gasteiger partial charge in [-0.05, 0) is 38.2 Å². The van der Waals surface area contributed by atoms with Crippen molar-refractivity contribution in [1.82, 2.24) is 4.90 Å². The summed E-state index contributed by atoms with van der Waals surface area (Å²) in [5, 5.41) is 9.84. The molecule has 0 unspecified atom stereocenters. The first-order valence-electron chi connectivity index (χ1n) is 4.82. The van der Waals surface area contributed by atoms with Crippen molar-refractivity contribution in [3.8, 4) is 5.75 Å². The standard InChI is InChI=1S/C11H18N2O2/c1-8-4-9(7-15-12)5-10(11(8)14)6-13(2)3/h4-5,14H,6-7,12H2,1-3H3. The molecule has 1 aromatic carbocycles. The molecule has 3 N–H and O–H groups in total. The Morgan fingerprint density at radius 2 is 2.07 bits per heavy atom. The zero-order valence-electron chi connectivity index (χ0n) is 9.45. The molecule has 0 atom stereocenters. The quantitative estimate of drug-likeness (QED) is 0.732. The third kappa shape index (κ3) is 3.20. The van der Waals surface area contributed by atoms with Crippen LogP contribution in [0.4, 0.5) is 0 Å². The predicted molar refractivity (Wildman–Crippen MR) is 59.2 cm³/mol. The van der Waals surface area contributed by atoms with Gasteiger partial charge in [-0.3, -0.25) is 4.84 Å². The van der Waals surface area contributed by atoms with Gasteiger partial charge in [0.25, 0.3) is 0 Å². The molecule has 84 valence electrons. The van der Waals surface area contributed by atoms with Gasteiger partial charge < -0.3 is 10.0 Å². The van der Waals surface area contributed by atoms with E-state index < -0.39 is 0 Å². The third-order valence-electron chi connectivity index (χ3n) is 2.18. The van der Waals surface area contributed by atoms with E-state index in [1.54, 1.807) is 0 Å². The molecule has 0 aromatic heterocycles. The molecule has 0 bridgehead atoms. The van der Waals surface area contributed by atoms with E-state index in [1.165, 1.54) is 0 Å². The lowest BCUT2D eigenvalue weighted by Gasteiger charge is -2.14. The van der Waals surface area contributed by atoms with Crippen molar-refractivity contribution in [2.24, 2.45) is 5.90 Å². The first-order chi connectivity index (χ1) is 7.04. The number of aryl methyl sites for hydroxylation is 1. The molecule has 0 aliphatic rings. The van der Waals surface area contributed by atoms with Crippen molar-refractivity contribution in [3.63, 3.8) is 0 Å². The molecule has 0 amide bonds. The number of hydrogen-bond donors (Lipinski definition) is 2. The molecule has 0 heterocycles. The molecule has 0 aliphatic heterocycles. The van der Waals surface area contributed by atoms with Crippen molar-refractivity contribution in [2.75, 3.05) is 14.1 Å². The molecule has 0 radical (unpaired) electrons. The highest BCUT2D eigenvalue weighted by atomic mass is 16.6. The lowest BCUT2D eigenvalue weighted by atomic mass is 10.0. The van der Waals surface area contributed by atoms with Gasteiger partial charge in [-0.2, -0.15) is 0 Å². The number of benzene rings is 1. The van der Waals surface area contributed by atoms with Crippen LogP contribution in [0, 0.1) is 6.92 Å². The fraction of sp³-hybridized carbons (Fsp3) is 0.455. The van der Waals surface area contributed by atoms with Gasteiger partial charge in [0.05, 0.1) is 6.61 Å². The Kier molecular flexibility index (Phi) is 4.08. The van der Waals surface area contributed by atoms with Gasteiger partial charge in [-0.1, -0.05) is 6.07 Å². The highest BCUT2D eigenvalue weighted by Gasteiger charge is 2.07. The summed E-state index contributed by atoms with van der Waals surface area (Å²) in [6, 6.07) is 3.79. The topological polar surface area (TPSA) is 58.7 Å². The molecule has 0 saturated carbocycles. The van der Waals surface area contributed by atoms with Crippen LogP contribution < -0.4 is 5.90 Å². The summed E-state index contributed by atoms with van der Waals surface area (Å²) in [6.45, 7) is 2.93. The van der Waals surface area contributed by atoms with E-state index in [-0.39, 0.29) is 0 Å². The van der Waals surface area contributed by atoms with Gasteiger partial charge in [-0.25, -0.2) is 5.90 Å². The van der Waals surface area contributed by atoms with Gasteiger partial charge in [0.15, 0.2) is 0 Å². The van der Waals surface area contributed by atoms with E-state index in [0.29, 0.717) is 18.9 Å². The van der Waals surface area contributed by atoms with Crippen molar-refractivity contribution in [1.29, 1.82) is 0 Å². The highest BCUT2D eigenvalue weighted by molar-refractivity contribution is 5.42. The van der Waals surface area contributed by atoms with E-state index >= 15 is 0 Å². The molecule has 0 spiro atoms. The Bertz CT molecular complexity index is 338. The lowest BCUT2D eigenvalue weighted by Crippen LogP contribution is -2.11. The maximum atomic E-state index is 9.84. The van der Waals surface area contributed by atoms with Crippen molar-refractivity contribution < 1.29 is 9.94 Å². The molecular formula is C11H18N2O2. The van der Waals surface area contributed by atoms with Crippen molar-refractivity contribution >= 4 is 0 Å². The van der Waals surface area contributed by atoms with E-state index in [1.807, 2.05) is 38.1 Å². The fourth-order valence-corrected chi connectivity index (χ4v) is 1.57. The normalized spacial score (nSPS) is 11.0.